The largest absolute Gasteiger partial charge is 0.345 e. The van der Waals surface area contributed by atoms with E-state index < -0.39 is 12.0 Å². The average molecular weight is 229 g/mol. The van der Waals surface area contributed by atoms with Crippen molar-refractivity contribution in [2.45, 2.75) is 25.3 Å². The normalized spacial score (nSPS) is 24.1. The van der Waals surface area contributed by atoms with Gasteiger partial charge in [-0.2, -0.15) is 0 Å². The molecule has 0 aliphatic carbocycles. The second-order valence-electron chi connectivity index (χ2n) is 3.35. The topological polar surface area (TPSA) is 32.3 Å². The molecule has 0 spiro atoms. The van der Waals surface area contributed by atoms with Gasteiger partial charge in [-0.15, -0.1) is 12.4 Å². The van der Waals surface area contributed by atoms with E-state index >= 15 is 0 Å². The van der Waals surface area contributed by atoms with E-state index in [-0.39, 0.29) is 31.3 Å². The lowest BCUT2D eigenvalue weighted by molar-refractivity contribution is -0.132. The molecule has 1 fully saturated rings. The number of likely N-dealkylation sites (N-methyl/N-ethyl adjacent to an activating group) is 1. The smallest absolute Gasteiger partial charge is 0.262 e. The zero-order chi connectivity index (χ0) is 10.1. The zero-order valence-electron chi connectivity index (χ0n) is 8.22. The second kappa shape index (κ2) is 4.89. The highest BCUT2D eigenvalue weighted by Gasteiger charge is 2.42. The Labute approximate surface area is 88.2 Å². The number of hydrogen-bond donors (Lipinski definition) is 1. The van der Waals surface area contributed by atoms with Crippen LogP contribution in [-0.2, 0) is 4.79 Å². The van der Waals surface area contributed by atoms with Crippen molar-refractivity contribution in [1.82, 2.24) is 10.2 Å². The lowest BCUT2D eigenvalue weighted by Gasteiger charge is -2.18. The minimum atomic E-state index is -2.73. The first kappa shape index (κ1) is 13.6. The Bertz CT molecular complexity index is 214. The van der Waals surface area contributed by atoms with Crippen LogP contribution in [0.15, 0.2) is 0 Å². The van der Waals surface area contributed by atoms with Crippen molar-refractivity contribution in [2.75, 3.05) is 20.1 Å². The molecule has 1 heterocycles. The van der Waals surface area contributed by atoms with Crippen LogP contribution in [0.4, 0.5) is 8.78 Å². The molecule has 84 valence electrons. The van der Waals surface area contributed by atoms with Crippen LogP contribution >= 0.6 is 12.4 Å². The molecule has 0 aromatic heterocycles. The van der Waals surface area contributed by atoms with Crippen LogP contribution in [0.2, 0.25) is 0 Å². The third-order valence-electron chi connectivity index (χ3n) is 2.26. The fourth-order valence-corrected chi connectivity index (χ4v) is 1.31. The Kier molecular flexibility index (Phi) is 4.74. The van der Waals surface area contributed by atoms with Crippen molar-refractivity contribution in [2.24, 2.45) is 0 Å². The highest BCUT2D eigenvalue weighted by Crippen LogP contribution is 2.25. The number of alkyl halides is 2. The van der Waals surface area contributed by atoms with Crippen molar-refractivity contribution < 1.29 is 13.6 Å². The minimum Gasteiger partial charge on any atom is -0.345 e. The van der Waals surface area contributed by atoms with Crippen LogP contribution < -0.4 is 5.32 Å². The number of nitrogens with one attached hydrogen (secondary N) is 1. The van der Waals surface area contributed by atoms with Crippen LogP contribution in [-0.4, -0.2) is 42.9 Å². The predicted octanol–water partition coefficient (Wildman–Crippen LogP) is 0.884. The molecule has 1 atom stereocenters. The summed E-state index contributed by atoms with van der Waals surface area (Å²) in [6.45, 7) is 1.97. The van der Waals surface area contributed by atoms with E-state index in [9.17, 15) is 13.6 Å². The van der Waals surface area contributed by atoms with Crippen molar-refractivity contribution in [1.29, 1.82) is 0 Å². The summed E-state index contributed by atoms with van der Waals surface area (Å²) in [5.41, 5.74) is 0. The highest BCUT2D eigenvalue weighted by atomic mass is 35.5. The zero-order valence-corrected chi connectivity index (χ0v) is 9.03. The number of hydrogen-bond acceptors (Lipinski definition) is 2. The molecule has 1 N–H and O–H groups in total. The first-order chi connectivity index (χ1) is 5.96. The van der Waals surface area contributed by atoms with Gasteiger partial charge in [0.25, 0.3) is 5.92 Å². The number of amides is 1. The summed E-state index contributed by atoms with van der Waals surface area (Å²) in [5, 5.41) is 2.52. The van der Waals surface area contributed by atoms with E-state index in [2.05, 4.69) is 5.32 Å². The molecular weight excluding hydrogens is 214 g/mol. The number of rotatable bonds is 2. The molecule has 0 aromatic carbocycles. The molecule has 1 unspecified atom stereocenters. The Morgan fingerprint density at radius 1 is 1.64 bits per heavy atom. The lowest BCUT2D eigenvalue weighted by atomic mass is 10.2. The van der Waals surface area contributed by atoms with Gasteiger partial charge in [-0.05, 0) is 6.92 Å². The van der Waals surface area contributed by atoms with Crippen molar-refractivity contribution >= 4 is 18.3 Å². The maximum atomic E-state index is 12.7. The summed E-state index contributed by atoms with van der Waals surface area (Å²) in [7, 11) is 1.61. The molecule has 0 radical (unpaired) electrons. The Hall–Kier alpha value is -0.420. The SMILES string of the molecule is CCN(C)C(=O)C1CC(F)(F)CN1.Cl. The maximum absolute atomic E-state index is 12.7. The van der Waals surface area contributed by atoms with Crippen LogP contribution in [0.5, 0.6) is 0 Å². The number of halogens is 3. The van der Waals surface area contributed by atoms with Crippen molar-refractivity contribution in [3.63, 3.8) is 0 Å². The molecule has 1 rings (SSSR count). The predicted molar refractivity (Wildman–Crippen MR) is 51.9 cm³/mol. The standard InChI is InChI=1S/C8H14F2N2O.ClH/c1-3-12(2)7(13)6-4-8(9,10)5-11-6;/h6,11H,3-5H2,1-2H3;1H. The van der Waals surface area contributed by atoms with Crippen LogP contribution in [0, 0.1) is 0 Å². The summed E-state index contributed by atoms with van der Waals surface area (Å²) >= 11 is 0. The van der Waals surface area contributed by atoms with E-state index in [1.54, 1.807) is 7.05 Å². The number of carbonyl (C=O) groups excluding carboxylic acids is 1. The van der Waals surface area contributed by atoms with Gasteiger partial charge in [0.05, 0.1) is 12.6 Å². The fraction of sp³-hybridized carbons (Fsp3) is 0.875. The highest BCUT2D eigenvalue weighted by molar-refractivity contribution is 5.85. The Morgan fingerprint density at radius 3 is 2.57 bits per heavy atom. The first-order valence-electron chi connectivity index (χ1n) is 4.32. The number of nitrogens with zero attached hydrogens (tertiary/aromatic N) is 1. The molecule has 1 amide bonds. The molecule has 0 bridgehead atoms. The monoisotopic (exact) mass is 228 g/mol. The van der Waals surface area contributed by atoms with Crippen molar-refractivity contribution in [3.8, 4) is 0 Å². The molecule has 1 aliphatic heterocycles. The lowest BCUT2D eigenvalue weighted by Crippen LogP contribution is -2.41. The van der Waals surface area contributed by atoms with Crippen molar-refractivity contribution in [3.05, 3.63) is 0 Å². The van der Waals surface area contributed by atoms with Gasteiger partial charge in [0, 0.05) is 20.0 Å². The first-order valence-corrected chi connectivity index (χ1v) is 4.32. The summed E-state index contributed by atoms with van der Waals surface area (Å²) < 4.78 is 25.4. The fourth-order valence-electron chi connectivity index (χ4n) is 1.31. The van der Waals surface area contributed by atoms with Gasteiger partial charge in [-0.1, -0.05) is 0 Å². The van der Waals surface area contributed by atoms with Crippen LogP contribution in [0.25, 0.3) is 0 Å². The van der Waals surface area contributed by atoms with Crippen LogP contribution in [0.1, 0.15) is 13.3 Å². The third kappa shape index (κ3) is 3.06. The van der Waals surface area contributed by atoms with Gasteiger partial charge < -0.3 is 4.90 Å². The Balaban J connectivity index is 0.00000169. The molecule has 6 heteroatoms. The molecular formula is C8H15ClF2N2O. The van der Waals surface area contributed by atoms with E-state index in [0.717, 1.165) is 0 Å². The Morgan fingerprint density at radius 2 is 2.21 bits per heavy atom. The second-order valence-corrected chi connectivity index (χ2v) is 3.35. The number of carbonyl (C=O) groups is 1. The molecule has 0 aromatic rings. The van der Waals surface area contributed by atoms with Crippen LogP contribution in [0.3, 0.4) is 0 Å². The summed E-state index contributed by atoms with van der Waals surface area (Å²) in [6.07, 6.45) is -0.379. The minimum absolute atomic E-state index is 0. The van der Waals surface area contributed by atoms with Gasteiger partial charge in [0.15, 0.2) is 0 Å². The van der Waals surface area contributed by atoms with E-state index in [1.807, 2.05) is 6.92 Å². The quantitative estimate of drug-likeness (QED) is 0.761. The van der Waals surface area contributed by atoms with Gasteiger partial charge >= 0.3 is 0 Å². The molecule has 1 saturated heterocycles. The summed E-state index contributed by atoms with van der Waals surface area (Å²) in [6, 6.07) is -0.708. The molecule has 0 saturated carbocycles. The summed E-state index contributed by atoms with van der Waals surface area (Å²) in [4.78, 5) is 12.8. The molecule has 1 aliphatic rings. The van der Waals surface area contributed by atoms with E-state index in [0.29, 0.717) is 6.54 Å². The van der Waals surface area contributed by atoms with E-state index in [4.69, 9.17) is 0 Å². The van der Waals surface area contributed by atoms with E-state index in [1.165, 1.54) is 4.90 Å². The summed E-state index contributed by atoms with van der Waals surface area (Å²) in [5.74, 6) is -2.98. The van der Waals surface area contributed by atoms with Gasteiger partial charge in [0.2, 0.25) is 5.91 Å². The van der Waals surface area contributed by atoms with Gasteiger partial charge in [-0.3, -0.25) is 10.1 Å². The van der Waals surface area contributed by atoms with Gasteiger partial charge in [-0.25, -0.2) is 8.78 Å². The maximum Gasteiger partial charge on any atom is 0.262 e. The third-order valence-corrected chi connectivity index (χ3v) is 2.26. The molecule has 14 heavy (non-hydrogen) atoms. The molecule has 3 nitrogen and oxygen atoms in total. The van der Waals surface area contributed by atoms with Gasteiger partial charge in [0.1, 0.15) is 0 Å². The average Bonchev–Trinajstić information content (AvgIpc) is 2.43.